The lowest BCUT2D eigenvalue weighted by Crippen LogP contribution is -2.16. The van der Waals surface area contributed by atoms with Gasteiger partial charge in [-0.1, -0.05) is 48.0 Å². The first-order valence-electron chi connectivity index (χ1n) is 10.0. The summed E-state index contributed by atoms with van der Waals surface area (Å²) in [5, 5.41) is 24.0. The van der Waals surface area contributed by atoms with Crippen molar-refractivity contribution >= 4 is 44.9 Å². The quantitative estimate of drug-likeness (QED) is 0.333. The first kappa shape index (κ1) is 22.7. The van der Waals surface area contributed by atoms with Gasteiger partial charge in [0.2, 0.25) is 0 Å². The van der Waals surface area contributed by atoms with Crippen LogP contribution in [0, 0.1) is 11.3 Å². The average molecular weight is 478 g/mol. The summed E-state index contributed by atoms with van der Waals surface area (Å²) < 4.78 is 14.4. The molecule has 0 spiro atoms. The summed E-state index contributed by atoms with van der Waals surface area (Å²) in [6.07, 6.45) is 4.66. The van der Waals surface area contributed by atoms with Crippen LogP contribution < -0.4 is 10.0 Å². The summed E-state index contributed by atoms with van der Waals surface area (Å²) in [5.41, 5.74) is 4.58. The van der Waals surface area contributed by atoms with Gasteiger partial charge in [0.15, 0.2) is 5.15 Å². The molecule has 7 nitrogen and oxygen atoms in total. The molecule has 0 aliphatic carbocycles. The number of anilines is 2. The highest BCUT2D eigenvalue weighted by molar-refractivity contribution is 7.85. The Morgan fingerprint density at radius 3 is 2.61 bits per heavy atom. The van der Waals surface area contributed by atoms with Crippen LogP contribution in [0.4, 0.5) is 11.4 Å². The number of nitrogens with one attached hydrogen (secondary N) is 2. The maximum Gasteiger partial charge on any atom is 0.153 e. The fraction of sp³-hybridized carbons (Fsp3) is 0.125. The summed E-state index contributed by atoms with van der Waals surface area (Å²) in [7, 11) is -1.30. The van der Waals surface area contributed by atoms with Gasteiger partial charge in [-0.3, -0.25) is 4.98 Å². The van der Waals surface area contributed by atoms with Gasteiger partial charge < -0.3 is 15.1 Å². The van der Waals surface area contributed by atoms with Crippen LogP contribution in [-0.4, -0.2) is 32.1 Å². The van der Waals surface area contributed by atoms with E-state index in [9.17, 15) is 14.6 Å². The molecular formula is C24H20ClN5O2S. The van der Waals surface area contributed by atoms with Crippen molar-refractivity contribution in [3.8, 4) is 17.2 Å². The van der Waals surface area contributed by atoms with Crippen molar-refractivity contribution in [1.29, 1.82) is 5.26 Å². The molecule has 0 amide bonds. The van der Waals surface area contributed by atoms with Crippen LogP contribution in [0.15, 0.2) is 67.0 Å². The Morgan fingerprint density at radius 2 is 1.91 bits per heavy atom. The van der Waals surface area contributed by atoms with E-state index in [0.29, 0.717) is 22.5 Å². The molecule has 33 heavy (non-hydrogen) atoms. The van der Waals surface area contributed by atoms with E-state index < -0.39 is 17.0 Å². The fourth-order valence-electron chi connectivity index (χ4n) is 3.54. The smallest absolute Gasteiger partial charge is 0.153 e. The van der Waals surface area contributed by atoms with Gasteiger partial charge in [-0.15, -0.1) is 0 Å². The average Bonchev–Trinajstić information content (AvgIpc) is 2.83. The number of benzene rings is 2. The van der Waals surface area contributed by atoms with E-state index in [1.165, 1.54) is 12.5 Å². The number of aliphatic hydroxyl groups excluding tert-OH is 1. The highest BCUT2D eigenvalue weighted by atomic mass is 35.5. The van der Waals surface area contributed by atoms with E-state index in [2.05, 4.69) is 26.1 Å². The lowest BCUT2D eigenvalue weighted by Gasteiger charge is -2.20. The largest absolute Gasteiger partial charge is 0.394 e. The molecule has 2 aromatic carbocycles. The topological polar surface area (TPSA) is 111 Å². The molecule has 0 bridgehead atoms. The van der Waals surface area contributed by atoms with Crippen molar-refractivity contribution in [2.45, 2.75) is 6.04 Å². The molecule has 4 rings (SSSR count). The SMILES string of the molecule is CS(=O)Nc1cc(-c2ccc3ncc(C#N)c(NC(CO)c4ccccc4)c3c2)cnc1Cl. The molecule has 2 aromatic heterocycles. The van der Waals surface area contributed by atoms with Gasteiger partial charge in [-0.25, -0.2) is 9.19 Å². The van der Waals surface area contributed by atoms with Gasteiger partial charge in [0.25, 0.3) is 0 Å². The minimum Gasteiger partial charge on any atom is -0.394 e. The Morgan fingerprint density at radius 1 is 1.12 bits per heavy atom. The molecule has 2 unspecified atom stereocenters. The molecule has 0 fully saturated rings. The number of hydrogen-bond donors (Lipinski definition) is 3. The minimum atomic E-state index is -1.30. The monoisotopic (exact) mass is 477 g/mol. The first-order valence-corrected chi connectivity index (χ1v) is 11.9. The van der Waals surface area contributed by atoms with Crippen molar-refractivity contribution in [3.63, 3.8) is 0 Å². The van der Waals surface area contributed by atoms with Crippen molar-refractivity contribution < 1.29 is 9.32 Å². The lowest BCUT2D eigenvalue weighted by atomic mass is 10.0. The molecule has 2 heterocycles. The standard InChI is InChI=1S/C24H20ClN5O2S/c1-33(32)30-21-10-17(12-28-24(21)25)16-7-8-20-19(9-16)23(18(11-26)13-27-20)29-22(14-31)15-5-3-2-4-6-15/h2-10,12-13,22,30-31H,14H2,1H3,(H,27,29). The predicted molar refractivity (Wildman–Crippen MR) is 132 cm³/mol. The number of nitriles is 1. The summed E-state index contributed by atoms with van der Waals surface area (Å²) in [6.45, 7) is -0.150. The summed E-state index contributed by atoms with van der Waals surface area (Å²) in [4.78, 5) is 8.61. The Kier molecular flexibility index (Phi) is 6.84. The number of fused-ring (bicyclic) bond motifs is 1. The van der Waals surface area contributed by atoms with Crippen LogP contribution in [0.1, 0.15) is 17.2 Å². The van der Waals surface area contributed by atoms with E-state index >= 15 is 0 Å². The lowest BCUT2D eigenvalue weighted by molar-refractivity contribution is 0.276. The van der Waals surface area contributed by atoms with Gasteiger partial charge in [0.05, 0.1) is 35.1 Å². The van der Waals surface area contributed by atoms with E-state index in [4.69, 9.17) is 11.6 Å². The maximum absolute atomic E-state index is 11.6. The normalized spacial score (nSPS) is 12.7. The Bertz CT molecular complexity index is 1370. The second kappa shape index (κ2) is 9.96. The third-order valence-electron chi connectivity index (χ3n) is 5.12. The number of hydrogen-bond acceptors (Lipinski definition) is 6. The van der Waals surface area contributed by atoms with Crippen LogP contribution in [0.3, 0.4) is 0 Å². The number of aliphatic hydroxyl groups is 1. The van der Waals surface area contributed by atoms with Crippen molar-refractivity contribution in [2.24, 2.45) is 0 Å². The molecule has 0 aliphatic heterocycles. The third-order valence-corrected chi connectivity index (χ3v) is 5.93. The zero-order chi connectivity index (χ0) is 23.4. The van der Waals surface area contributed by atoms with E-state index in [-0.39, 0.29) is 11.8 Å². The second-order valence-electron chi connectivity index (χ2n) is 7.30. The molecular weight excluding hydrogens is 458 g/mol. The highest BCUT2D eigenvalue weighted by Crippen LogP contribution is 2.34. The van der Waals surface area contributed by atoms with Gasteiger partial charge >= 0.3 is 0 Å². The number of pyridine rings is 2. The number of halogens is 1. The van der Waals surface area contributed by atoms with Crippen LogP contribution >= 0.6 is 11.6 Å². The zero-order valence-corrected chi connectivity index (χ0v) is 19.2. The zero-order valence-electron chi connectivity index (χ0n) is 17.6. The van der Waals surface area contributed by atoms with Crippen molar-refractivity contribution in [1.82, 2.24) is 9.97 Å². The van der Waals surface area contributed by atoms with Crippen molar-refractivity contribution in [2.75, 3.05) is 22.9 Å². The molecule has 3 N–H and O–H groups in total. The van der Waals surface area contributed by atoms with Crippen LogP contribution in [-0.2, 0) is 11.0 Å². The van der Waals surface area contributed by atoms with Crippen LogP contribution in [0.2, 0.25) is 5.15 Å². The maximum atomic E-state index is 11.6. The highest BCUT2D eigenvalue weighted by Gasteiger charge is 2.16. The number of nitrogens with zero attached hydrogens (tertiary/aromatic N) is 3. The first-order chi connectivity index (χ1) is 16.0. The van der Waals surface area contributed by atoms with Gasteiger partial charge in [-0.2, -0.15) is 5.26 Å². The summed E-state index contributed by atoms with van der Waals surface area (Å²) in [5.74, 6) is 0. The Hall–Kier alpha value is -3.51. The summed E-state index contributed by atoms with van der Waals surface area (Å²) in [6, 6.07) is 18.7. The summed E-state index contributed by atoms with van der Waals surface area (Å²) >= 11 is 6.13. The number of rotatable bonds is 7. The van der Waals surface area contributed by atoms with E-state index in [1.54, 1.807) is 12.3 Å². The molecule has 0 radical (unpaired) electrons. The van der Waals surface area contributed by atoms with Gasteiger partial charge in [-0.05, 0) is 29.3 Å². The molecule has 0 aliphatic rings. The Labute approximate surface area is 198 Å². The minimum absolute atomic E-state index is 0.150. The molecule has 2 atom stereocenters. The van der Waals surface area contributed by atoms with Crippen LogP contribution in [0.5, 0.6) is 0 Å². The fourth-order valence-corrected chi connectivity index (χ4v) is 4.21. The van der Waals surface area contributed by atoms with Crippen LogP contribution in [0.25, 0.3) is 22.0 Å². The van der Waals surface area contributed by atoms with E-state index in [1.807, 2.05) is 48.5 Å². The van der Waals surface area contributed by atoms with Crippen molar-refractivity contribution in [3.05, 3.63) is 83.3 Å². The second-order valence-corrected chi connectivity index (χ2v) is 8.77. The molecule has 4 aromatic rings. The third kappa shape index (κ3) is 4.96. The van der Waals surface area contributed by atoms with Gasteiger partial charge in [0, 0.05) is 29.6 Å². The molecule has 0 saturated heterocycles. The van der Waals surface area contributed by atoms with Gasteiger partial charge in [0.1, 0.15) is 17.1 Å². The molecule has 166 valence electrons. The predicted octanol–water partition coefficient (Wildman–Crippen LogP) is 4.67. The molecule has 0 saturated carbocycles. The Balaban J connectivity index is 1.82. The number of aromatic nitrogens is 2. The molecule has 9 heteroatoms. The van der Waals surface area contributed by atoms with E-state index in [0.717, 1.165) is 22.1 Å².